The number of hydrogen-bond donors (Lipinski definition) is 8. The van der Waals surface area contributed by atoms with E-state index in [-0.39, 0.29) is 58.4 Å². The molecular formula is C75H96F9N17O9. The van der Waals surface area contributed by atoms with E-state index in [9.17, 15) is 82.7 Å². The van der Waals surface area contributed by atoms with Crippen molar-refractivity contribution in [3.8, 4) is 33.8 Å². The Morgan fingerprint density at radius 2 is 0.791 bits per heavy atom. The monoisotopic (exact) mass is 1550 g/mol. The van der Waals surface area contributed by atoms with Gasteiger partial charge in [-0.15, -0.1) is 0 Å². The summed E-state index contributed by atoms with van der Waals surface area (Å²) in [5, 5.41) is 26.2. The van der Waals surface area contributed by atoms with Gasteiger partial charge in [0.2, 0.25) is 29.5 Å². The molecule has 26 nitrogen and oxygen atoms in total. The van der Waals surface area contributed by atoms with Crippen LogP contribution in [0.15, 0.2) is 36.4 Å². The summed E-state index contributed by atoms with van der Waals surface area (Å²) in [4.78, 5) is 120. The fraction of sp³-hybridized carbons (Fsp3) is 0.520. The van der Waals surface area contributed by atoms with Gasteiger partial charge in [0.25, 0.3) is 0 Å². The number of ketones is 1. The summed E-state index contributed by atoms with van der Waals surface area (Å²) in [6.45, 7) is 22.4. The van der Waals surface area contributed by atoms with E-state index in [0.717, 1.165) is 20.1 Å². The lowest BCUT2D eigenvalue weighted by Gasteiger charge is -2.33. The minimum absolute atomic E-state index is 0.0136. The van der Waals surface area contributed by atoms with Crippen molar-refractivity contribution in [2.75, 3.05) is 47.3 Å². The van der Waals surface area contributed by atoms with Crippen LogP contribution in [-0.2, 0) is 67.7 Å². The molecular weight excluding hydrogens is 1450 g/mol. The Morgan fingerprint density at radius 1 is 0.464 bits per heavy atom. The molecule has 0 radical (unpaired) electrons. The number of amides is 8. The molecule has 6 aromatic rings. The van der Waals surface area contributed by atoms with Gasteiger partial charge in [0.05, 0.1) is 23.1 Å². The van der Waals surface area contributed by atoms with Gasteiger partial charge in [-0.3, -0.25) is 28.8 Å². The number of benzene rings is 3. The number of Topliss-reactive ketones (excluding diaryl/α,β-unsaturated/α-hetero) is 1. The Labute approximate surface area is 630 Å². The van der Waals surface area contributed by atoms with Gasteiger partial charge in [-0.25, -0.2) is 53.9 Å². The topological polar surface area (TPSA) is 355 Å². The Hall–Kier alpha value is -10.0. The highest BCUT2D eigenvalue weighted by atomic mass is 19.2. The van der Waals surface area contributed by atoms with E-state index >= 15 is 0 Å². The van der Waals surface area contributed by atoms with Crippen LogP contribution in [0.5, 0.6) is 0 Å². The maximum atomic E-state index is 14.7. The zero-order valence-electron chi connectivity index (χ0n) is 63.9. The number of likely N-dealkylation sites (N-methyl/N-ethyl adjacent to an activating group) is 3. The highest BCUT2D eigenvalue weighted by Gasteiger charge is 2.45. The number of fused-ring (bicyclic) bond motifs is 3. The highest BCUT2D eigenvalue weighted by molar-refractivity contribution is 5.96. The molecule has 3 aromatic heterocycles. The predicted molar refractivity (Wildman–Crippen MR) is 387 cm³/mol. The van der Waals surface area contributed by atoms with Gasteiger partial charge in [-0.2, -0.15) is 29.3 Å². The number of carbonyl (C=O) groups excluding carboxylic acids is 9. The van der Waals surface area contributed by atoms with Crippen LogP contribution in [0.2, 0.25) is 0 Å². The van der Waals surface area contributed by atoms with Crippen molar-refractivity contribution in [3.63, 3.8) is 0 Å². The standard InChI is InChI=1S/C26H35F3N6O3.C26H32F3N5O3.C23H29F3N6O3/c1-13(2)9-19(23(30)36)31-24(37)22(26(3,4)5)32-25(38)35-20-7-8-34(6)12-15(20)21(33-35)14-10-17(28)18(29)11-16(14)27;1-26(2,3)23(22(35)13-6-5-7-14(13)24(30)36)31-25(37)34-20-8-9-33(4)12-16(20)21(32-34)15-10-18(28)19(29)11-17(15)27;1-23(2,3)20(21(34)28-7-5-18(27)33)29-22(35)32-17-6-8-31(4)11-13(17)19(30-32)12-9-15(25)16(26)10-14(12)24/h10-11,13,19,22H,7-9,12H2,1-6H3,(H2,30,36)(H,31,37)(H,32,38);10-11,13-14,23H,5-9,12H2,1-4H3,(H2,30,36)(H,31,37);9-10,20H,5-8,11H2,1-4H3,(H2,27,33)(H,28,34)(H,29,35)/t19-,22+;13?,14-,23-;20-/m011/s1. The summed E-state index contributed by atoms with van der Waals surface area (Å²) >= 11 is 0. The Morgan fingerprint density at radius 3 is 1.11 bits per heavy atom. The Bertz CT molecular complexity index is 4540. The van der Waals surface area contributed by atoms with Crippen LogP contribution in [0.3, 0.4) is 0 Å². The van der Waals surface area contributed by atoms with Crippen LogP contribution in [0.4, 0.5) is 53.9 Å². The van der Waals surface area contributed by atoms with E-state index < -0.39 is 152 Å². The molecule has 35 heteroatoms. The minimum Gasteiger partial charge on any atom is -0.370 e. The van der Waals surface area contributed by atoms with E-state index in [0.29, 0.717) is 148 Å². The molecule has 598 valence electrons. The van der Waals surface area contributed by atoms with Gasteiger partial charge in [0.1, 0.15) is 52.7 Å². The van der Waals surface area contributed by atoms with E-state index in [2.05, 4.69) is 41.9 Å². The van der Waals surface area contributed by atoms with Crippen molar-refractivity contribution in [2.24, 2.45) is 51.2 Å². The van der Waals surface area contributed by atoms with Crippen molar-refractivity contribution in [2.45, 2.75) is 171 Å². The highest BCUT2D eigenvalue weighted by Crippen LogP contribution is 2.39. The first-order chi connectivity index (χ1) is 51.2. The summed E-state index contributed by atoms with van der Waals surface area (Å²) in [6, 6.07) is -2.64. The third-order valence-corrected chi connectivity index (χ3v) is 19.6. The molecule has 11 N–H and O–H groups in total. The molecule has 1 unspecified atom stereocenters. The normalized spacial score (nSPS) is 17.2. The second-order valence-electron chi connectivity index (χ2n) is 32.1. The Balaban J connectivity index is 0.000000208. The number of carbonyl (C=O) groups is 9. The molecule has 1 saturated carbocycles. The van der Waals surface area contributed by atoms with Gasteiger partial charge in [-0.05, 0) is 80.8 Å². The lowest BCUT2D eigenvalue weighted by Crippen LogP contribution is -2.58. The second-order valence-corrected chi connectivity index (χ2v) is 32.1. The van der Waals surface area contributed by atoms with Crippen molar-refractivity contribution >= 4 is 53.4 Å². The maximum absolute atomic E-state index is 14.7. The summed E-state index contributed by atoms with van der Waals surface area (Å²) in [6.07, 6.45) is 3.17. The number of nitrogens with one attached hydrogen (secondary N) is 5. The molecule has 1 fully saturated rings. The van der Waals surface area contributed by atoms with Crippen LogP contribution in [0, 0.1) is 86.4 Å². The quantitative estimate of drug-likeness (QED) is 0.0296. The summed E-state index contributed by atoms with van der Waals surface area (Å²) in [5.74, 6) is -15.0. The number of primary amides is 3. The first-order valence-electron chi connectivity index (χ1n) is 35.9. The number of hydrogen-bond acceptors (Lipinski definition) is 15. The molecule has 0 saturated heterocycles. The molecule has 6 atom stereocenters. The number of rotatable bonds is 18. The number of halogens is 9. The first-order valence-corrected chi connectivity index (χ1v) is 35.9. The van der Waals surface area contributed by atoms with Crippen LogP contribution in [0.25, 0.3) is 33.8 Å². The van der Waals surface area contributed by atoms with Crippen molar-refractivity contribution in [1.29, 1.82) is 0 Å². The van der Waals surface area contributed by atoms with Gasteiger partial charge >= 0.3 is 18.1 Å². The van der Waals surface area contributed by atoms with Crippen LogP contribution in [-0.4, -0.2) is 169 Å². The molecule has 3 aromatic carbocycles. The van der Waals surface area contributed by atoms with Gasteiger partial charge < -0.3 is 58.5 Å². The minimum atomic E-state index is -1.33. The van der Waals surface area contributed by atoms with Crippen LogP contribution >= 0.6 is 0 Å². The van der Waals surface area contributed by atoms with E-state index in [1.54, 1.807) is 62.3 Å². The third-order valence-electron chi connectivity index (χ3n) is 19.6. The molecule has 0 spiro atoms. The second kappa shape index (κ2) is 34.5. The predicted octanol–water partition coefficient (Wildman–Crippen LogP) is 8.26. The summed E-state index contributed by atoms with van der Waals surface area (Å²) in [5.41, 5.74) is 16.2. The number of aromatic nitrogens is 6. The molecule has 1 aliphatic carbocycles. The average Bonchev–Trinajstić information content (AvgIpc) is 1.62. The third kappa shape index (κ3) is 19.9. The smallest absolute Gasteiger partial charge is 0.343 e. The summed E-state index contributed by atoms with van der Waals surface area (Å²) in [7, 11) is 5.51. The van der Waals surface area contributed by atoms with E-state index in [4.69, 9.17) is 17.2 Å². The fourth-order valence-corrected chi connectivity index (χ4v) is 13.8. The van der Waals surface area contributed by atoms with E-state index in [1.807, 2.05) is 49.7 Å². The summed E-state index contributed by atoms with van der Waals surface area (Å²) < 4.78 is 130. The molecule has 4 aliphatic rings. The largest absolute Gasteiger partial charge is 0.370 e. The maximum Gasteiger partial charge on any atom is 0.343 e. The van der Waals surface area contributed by atoms with Crippen molar-refractivity contribution < 1.29 is 82.7 Å². The zero-order valence-corrected chi connectivity index (χ0v) is 63.9. The van der Waals surface area contributed by atoms with Crippen LogP contribution in [0.1, 0.15) is 142 Å². The zero-order chi connectivity index (χ0) is 81.8. The van der Waals surface area contributed by atoms with Crippen molar-refractivity contribution in [3.05, 3.63) is 123 Å². The molecule has 110 heavy (non-hydrogen) atoms. The average molecular weight is 1550 g/mol. The lowest BCUT2D eigenvalue weighted by atomic mass is 9.77. The molecule has 0 bridgehead atoms. The first kappa shape index (κ1) is 85.6. The van der Waals surface area contributed by atoms with Gasteiger partial charge in [0, 0.05) is 135 Å². The number of nitrogens with two attached hydrogens (primary N) is 3. The van der Waals surface area contributed by atoms with Gasteiger partial charge in [0.15, 0.2) is 40.7 Å². The van der Waals surface area contributed by atoms with Gasteiger partial charge in [-0.1, -0.05) is 82.6 Å². The number of nitrogens with zero attached hydrogens (tertiary/aromatic N) is 9. The van der Waals surface area contributed by atoms with Crippen molar-refractivity contribution in [1.82, 2.24) is 70.6 Å². The molecule has 10 rings (SSSR count). The fourth-order valence-electron chi connectivity index (χ4n) is 13.8. The van der Waals surface area contributed by atoms with E-state index in [1.165, 1.54) is 0 Å². The molecule has 6 heterocycles. The molecule has 3 aliphatic heterocycles. The molecule has 8 amide bonds. The SMILES string of the molecule is CC(C)C[C@H](NC(=O)[C@@H](NC(=O)n1nc(-c2cc(F)c(F)cc2F)c2c1CCN(C)C2)C(C)(C)C)C(N)=O.CN1CCc2c(c(-c3cc(F)c(F)cc3F)nn2C(=O)N[C@H](C(=O)C2CCC[C@H]2C(N)=O)C(C)(C)C)C1.CN1CCc2c(c(-c3cc(F)c(F)cc3F)nn2C(=O)N[C@H](C(=O)NCCC(N)=O)C(C)(C)C)C1. The Kier molecular flexibility index (Phi) is 26.8. The lowest BCUT2D eigenvalue weighted by molar-refractivity contribution is -0.133. The van der Waals surface area contributed by atoms with Crippen LogP contribution < -0.4 is 43.8 Å².